The molecule has 2 aromatic carbocycles. The van der Waals surface area contributed by atoms with Gasteiger partial charge >= 0.3 is 0 Å². The van der Waals surface area contributed by atoms with E-state index in [9.17, 15) is 13.2 Å². The summed E-state index contributed by atoms with van der Waals surface area (Å²) in [6, 6.07) is 19.4. The Labute approximate surface area is 208 Å². The molecule has 5 rings (SSSR count). The van der Waals surface area contributed by atoms with Crippen LogP contribution in [0.3, 0.4) is 0 Å². The largest absolute Gasteiger partial charge is 0.355 e. The Morgan fingerprint density at radius 3 is 2.44 bits per heavy atom. The van der Waals surface area contributed by atoms with Gasteiger partial charge < -0.3 is 10.2 Å². The molecule has 11 heteroatoms. The van der Waals surface area contributed by atoms with Crippen LogP contribution in [0.2, 0.25) is 0 Å². The maximum Gasteiger partial charge on any atom is 0.264 e. The number of rotatable bonds is 7. The van der Waals surface area contributed by atoms with E-state index in [1.165, 1.54) is 24.7 Å². The van der Waals surface area contributed by atoms with Gasteiger partial charge in [-0.15, -0.1) is 0 Å². The van der Waals surface area contributed by atoms with Crippen molar-refractivity contribution in [1.82, 2.24) is 19.9 Å². The quantitative estimate of drug-likeness (QED) is 0.395. The minimum Gasteiger partial charge on any atom is -0.355 e. The molecule has 4 aromatic rings. The van der Waals surface area contributed by atoms with E-state index in [0.29, 0.717) is 24.5 Å². The van der Waals surface area contributed by atoms with Crippen molar-refractivity contribution in [2.75, 3.05) is 28.0 Å². The fourth-order valence-electron chi connectivity index (χ4n) is 3.76. The summed E-state index contributed by atoms with van der Waals surface area (Å²) < 4.78 is 27.6. The Morgan fingerprint density at radius 1 is 0.972 bits per heavy atom. The Kier molecular flexibility index (Phi) is 6.30. The van der Waals surface area contributed by atoms with Crippen LogP contribution in [0.25, 0.3) is 11.3 Å². The van der Waals surface area contributed by atoms with E-state index in [4.69, 9.17) is 0 Å². The summed E-state index contributed by atoms with van der Waals surface area (Å²) in [5, 5.41) is 2.85. The van der Waals surface area contributed by atoms with Crippen molar-refractivity contribution in [3.05, 3.63) is 84.9 Å². The minimum absolute atomic E-state index is 0.00138. The number of hydrogen-bond acceptors (Lipinski definition) is 8. The van der Waals surface area contributed by atoms with Crippen LogP contribution >= 0.6 is 0 Å². The summed E-state index contributed by atoms with van der Waals surface area (Å²) >= 11 is 0. The van der Waals surface area contributed by atoms with Crippen LogP contribution in [0.1, 0.15) is 5.69 Å². The Balaban J connectivity index is 1.17. The molecule has 2 N–H and O–H groups in total. The topological polar surface area (TPSA) is 130 Å². The average molecular weight is 502 g/mol. The maximum absolute atomic E-state index is 12.7. The van der Waals surface area contributed by atoms with Crippen LogP contribution in [-0.2, 0) is 14.8 Å². The van der Waals surface area contributed by atoms with Crippen molar-refractivity contribution >= 4 is 33.4 Å². The molecule has 1 aliphatic rings. The number of benzene rings is 2. The van der Waals surface area contributed by atoms with Crippen molar-refractivity contribution < 1.29 is 13.2 Å². The molecule has 1 fully saturated rings. The van der Waals surface area contributed by atoms with Crippen molar-refractivity contribution in [3.63, 3.8) is 0 Å². The van der Waals surface area contributed by atoms with Gasteiger partial charge in [0.05, 0.1) is 16.5 Å². The Morgan fingerprint density at radius 2 is 1.72 bits per heavy atom. The van der Waals surface area contributed by atoms with Crippen molar-refractivity contribution in [1.29, 1.82) is 0 Å². The second kappa shape index (κ2) is 9.70. The summed E-state index contributed by atoms with van der Waals surface area (Å²) in [7, 11) is -3.85. The van der Waals surface area contributed by atoms with Gasteiger partial charge in [-0.25, -0.2) is 33.1 Å². The number of nitrogens with one attached hydrogen (secondary N) is 2. The van der Waals surface area contributed by atoms with Gasteiger partial charge in [-0.05, 0) is 37.3 Å². The SMILES string of the molecule is Cc1ccnc(NS(=O)(=O)c2ccc(NC(=O)C3CN(c4cc(-c5ccccc5)ncn4)C3)cc2)n1. The predicted octanol–water partition coefficient (Wildman–Crippen LogP) is 3.12. The summed E-state index contributed by atoms with van der Waals surface area (Å²) in [5.74, 6) is 0.434. The third-order valence-corrected chi connectivity index (χ3v) is 7.10. The molecule has 36 heavy (non-hydrogen) atoms. The predicted molar refractivity (Wildman–Crippen MR) is 136 cm³/mol. The molecule has 1 amide bonds. The first kappa shape index (κ1) is 23.4. The molecule has 1 aliphatic heterocycles. The molecular formula is C25H23N7O3S. The van der Waals surface area contributed by atoms with Crippen molar-refractivity contribution in [3.8, 4) is 11.3 Å². The third kappa shape index (κ3) is 5.15. The van der Waals surface area contributed by atoms with Gasteiger partial charge in [0.25, 0.3) is 10.0 Å². The maximum atomic E-state index is 12.7. The molecule has 0 saturated carbocycles. The number of hydrogen-bond donors (Lipinski definition) is 2. The second-order valence-electron chi connectivity index (χ2n) is 8.37. The summed E-state index contributed by atoms with van der Waals surface area (Å²) in [6.45, 7) is 2.81. The first-order valence-corrected chi connectivity index (χ1v) is 12.7. The molecular weight excluding hydrogens is 478 g/mol. The number of aryl methyl sites for hydroxylation is 1. The molecule has 182 valence electrons. The van der Waals surface area contributed by atoms with Crippen molar-refractivity contribution in [2.45, 2.75) is 11.8 Å². The number of nitrogens with zero attached hydrogens (tertiary/aromatic N) is 5. The summed E-state index contributed by atoms with van der Waals surface area (Å²) in [5.41, 5.74) is 2.99. The van der Waals surface area contributed by atoms with E-state index in [1.54, 1.807) is 25.1 Å². The van der Waals surface area contributed by atoms with Gasteiger partial charge in [0.15, 0.2) is 0 Å². The number of sulfonamides is 1. The van der Waals surface area contributed by atoms with Crippen LogP contribution in [-0.4, -0.2) is 47.4 Å². The molecule has 0 aliphatic carbocycles. The standard InChI is InChI=1S/C25H23N7O3S/c1-17-11-12-26-25(29-17)31-36(34,35)21-9-7-20(8-10-21)30-24(33)19-14-32(15-19)23-13-22(27-16-28-23)18-5-3-2-4-6-18/h2-13,16,19H,14-15H2,1H3,(H,30,33)(H,26,29,31). The number of amides is 1. The Hall–Kier alpha value is -4.38. The lowest BCUT2D eigenvalue weighted by atomic mass is 9.99. The fraction of sp³-hybridized carbons (Fsp3) is 0.160. The molecule has 0 bridgehead atoms. The number of carbonyl (C=O) groups excluding carboxylic acids is 1. The van der Waals surface area contributed by atoms with Gasteiger partial charge in [0.2, 0.25) is 11.9 Å². The lowest BCUT2D eigenvalue weighted by molar-refractivity contribution is -0.120. The molecule has 0 radical (unpaired) electrons. The highest BCUT2D eigenvalue weighted by Gasteiger charge is 2.33. The first-order valence-electron chi connectivity index (χ1n) is 11.2. The molecule has 3 heterocycles. The van der Waals surface area contributed by atoms with Gasteiger partial charge in [-0.3, -0.25) is 4.79 Å². The van der Waals surface area contributed by atoms with Gasteiger partial charge in [-0.1, -0.05) is 30.3 Å². The van der Waals surface area contributed by atoms with E-state index >= 15 is 0 Å². The van der Waals surface area contributed by atoms with E-state index in [2.05, 4.69) is 30.0 Å². The zero-order chi connectivity index (χ0) is 25.1. The van der Waals surface area contributed by atoms with Gasteiger partial charge in [0, 0.05) is 42.3 Å². The average Bonchev–Trinajstić information content (AvgIpc) is 2.84. The minimum atomic E-state index is -3.85. The molecule has 0 spiro atoms. The molecule has 2 aromatic heterocycles. The van der Waals surface area contributed by atoms with E-state index < -0.39 is 10.0 Å². The Bertz CT molecular complexity index is 1490. The van der Waals surface area contributed by atoms with Gasteiger partial charge in [-0.2, -0.15) is 0 Å². The van der Waals surface area contributed by atoms with Crippen LogP contribution < -0.4 is 14.9 Å². The second-order valence-corrected chi connectivity index (χ2v) is 10.1. The lowest BCUT2D eigenvalue weighted by Crippen LogP contribution is -2.52. The number of anilines is 3. The smallest absolute Gasteiger partial charge is 0.264 e. The molecule has 0 atom stereocenters. The van der Waals surface area contributed by atoms with E-state index in [-0.39, 0.29) is 22.7 Å². The highest BCUT2D eigenvalue weighted by molar-refractivity contribution is 7.92. The van der Waals surface area contributed by atoms with Crippen LogP contribution in [0.5, 0.6) is 0 Å². The summed E-state index contributed by atoms with van der Waals surface area (Å²) in [4.78, 5) is 31.4. The fourth-order valence-corrected chi connectivity index (χ4v) is 4.71. The highest BCUT2D eigenvalue weighted by Crippen LogP contribution is 2.27. The molecule has 10 nitrogen and oxygen atoms in total. The van der Waals surface area contributed by atoms with E-state index in [0.717, 1.165) is 17.1 Å². The highest BCUT2D eigenvalue weighted by atomic mass is 32.2. The monoisotopic (exact) mass is 501 g/mol. The lowest BCUT2D eigenvalue weighted by Gasteiger charge is -2.39. The van der Waals surface area contributed by atoms with Gasteiger partial charge in [0.1, 0.15) is 12.1 Å². The zero-order valence-corrected chi connectivity index (χ0v) is 20.2. The van der Waals surface area contributed by atoms with Crippen LogP contribution in [0, 0.1) is 12.8 Å². The third-order valence-electron chi connectivity index (χ3n) is 5.75. The normalized spacial score (nSPS) is 13.6. The zero-order valence-electron chi connectivity index (χ0n) is 19.4. The van der Waals surface area contributed by atoms with Crippen LogP contribution in [0.15, 0.2) is 84.1 Å². The van der Waals surface area contributed by atoms with Crippen LogP contribution in [0.4, 0.5) is 17.5 Å². The first-order chi connectivity index (χ1) is 17.4. The molecule has 0 unspecified atom stereocenters. The number of carbonyl (C=O) groups is 1. The van der Waals surface area contributed by atoms with E-state index in [1.807, 2.05) is 41.3 Å². The molecule has 1 saturated heterocycles. The number of aromatic nitrogens is 4. The van der Waals surface area contributed by atoms with Crippen molar-refractivity contribution in [2.24, 2.45) is 5.92 Å². The summed E-state index contributed by atoms with van der Waals surface area (Å²) in [6.07, 6.45) is 3.01.